The van der Waals surface area contributed by atoms with Gasteiger partial charge in [-0.3, -0.25) is 0 Å². The van der Waals surface area contributed by atoms with E-state index in [9.17, 15) is 0 Å². The molecule has 0 heteroatoms. The molecule has 0 N–H and O–H groups in total. The Hall–Kier alpha value is -0.520. The zero-order valence-electron chi connectivity index (χ0n) is 7.95. The zero-order chi connectivity index (χ0) is 8.67. The lowest BCUT2D eigenvalue weighted by Gasteiger charge is -2.28. The Morgan fingerprint density at radius 2 is 1.85 bits per heavy atom. The molecule has 0 bridgehead atoms. The number of allylic oxidation sites excluding steroid dienone is 4. The second kappa shape index (κ2) is 3.01. The van der Waals surface area contributed by atoms with Crippen LogP contribution in [0.2, 0.25) is 0 Å². The Balaban J connectivity index is 1.85. The van der Waals surface area contributed by atoms with Gasteiger partial charge in [0.05, 0.1) is 0 Å². The fourth-order valence-electron chi connectivity index (χ4n) is 3.27. The van der Waals surface area contributed by atoms with Gasteiger partial charge in [0.15, 0.2) is 0 Å². The smallest absolute Gasteiger partial charge is 0.00558 e. The van der Waals surface area contributed by atoms with Crippen LogP contribution in [0.1, 0.15) is 25.7 Å². The van der Waals surface area contributed by atoms with Crippen LogP contribution < -0.4 is 0 Å². The number of rotatable bonds is 0. The molecule has 3 rings (SSSR count). The van der Waals surface area contributed by atoms with Crippen LogP contribution in [-0.2, 0) is 0 Å². The molecule has 0 aromatic rings. The molecule has 0 aromatic carbocycles. The van der Waals surface area contributed by atoms with Crippen molar-refractivity contribution in [3.63, 3.8) is 0 Å². The van der Waals surface area contributed by atoms with Crippen LogP contribution in [0.25, 0.3) is 0 Å². The van der Waals surface area contributed by atoms with Gasteiger partial charge in [0.1, 0.15) is 0 Å². The lowest BCUT2D eigenvalue weighted by Crippen LogP contribution is -2.19. The van der Waals surface area contributed by atoms with Gasteiger partial charge in [0, 0.05) is 0 Å². The molecule has 2 fully saturated rings. The molecule has 2 radical (unpaired) electrons. The van der Waals surface area contributed by atoms with Crippen molar-refractivity contribution in [2.45, 2.75) is 25.7 Å². The molecule has 0 amide bonds. The van der Waals surface area contributed by atoms with Crippen molar-refractivity contribution in [3.8, 4) is 0 Å². The maximum Gasteiger partial charge on any atom is -0.00558 e. The first-order valence-electron chi connectivity index (χ1n) is 5.56. The minimum absolute atomic E-state index is 0.651. The Kier molecular flexibility index (Phi) is 1.81. The summed E-state index contributed by atoms with van der Waals surface area (Å²) >= 11 is 0. The lowest BCUT2D eigenvalue weighted by atomic mass is 9.77. The number of hydrogen-bond donors (Lipinski definition) is 0. The van der Waals surface area contributed by atoms with Gasteiger partial charge >= 0.3 is 0 Å². The van der Waals surface area contributed by atoms with E-state index in [1.54, 1.807) is 0 Å². The second-order valence-electron chi connectivity index (χ2n) is 4.59. The van der Waals surface area contributed by atoms with Crippen molar-refractivity contribution in [1.29, 1.82) is 0 Å². The molecule has 4 atom stereocenters. The summed E-state index contributed by atoms with van der Waals surface area (Å²) in [7, 11) is 0. The zero-order valence-corrected chi connectivity index (χ0v) is 7.95. The third-order valence-electron chi connectivity index (χ3n) is 3.90. The average molecular weight is 172 g/mol. The third-order valence-corrected chi connectivity index (χ3v) is 3.90. The van der Waals surface area contributed by atoms with Crippen LogP contribution in [-0.4, -0.2) is 0 Å². The first-order valence-corrected chi connectivity index (χ1v) is 5.56. The average Bonchev–Trinajstić information content (AvgIpc) is 2.56. The van der Waals surface area contributed by atoms with Gasteiger partial charge in [0.25, 0.3) is 0 Å². The summed E-state index contributed by atoms with van der Waals surface area (Å²) in [6.45, 7) is 0. The number of hydrogen-bond acceptors (Lipinski definition) is 0. The van der Waals surface area contributed by atoms with Gasteiger partial charge < -0.3 is 0 Å². The molecule has 2 saturated carbocycles. The highest BCUT2D eigenvalue weighted by Crippen LogP contribution is 2.50. The lowest BCUT2D eigenvalue weighted by molar-refractivity contribution is 0.259. The van der Waals surface area contributed by atoms with E-state index in [0.717, 1.165) is 17.8 Å². The van der Waals surface area contributed by atoms with Crippen molar-refractivity contribution >= 4 is 0 Å². The van der Waals surface area contributed by atoms with Crippen LogP contribution in [0.15, 0.2) is 24.3 Å². The summed E-state index contributed by atoms with van der Waals surface area (Å²) in [5, 5.41) is 0. The predicted molar refractivity (Wildman–Crippen MR) is 54.0 cm³/mol. The molecule has 0 nitrogen and oxygen atoms in total. The molecule has 4 unspecified atom stereocenters. The molecule has 0 aliphatic heterocycles. The standard InChI is InChI=1S/C13H16/c1-3-7-12-10(5-1)9-11-6-2-4-8-13(11)12/h1,3,5,7,10-13H,2,4,6,8H2. The molecule has 13 heavy (non-hydrogen) atoms. The van der Waals surface area contributed by atoms with E-state index in [2.05, 4.69) is 30.7 Å². The van der Waals surface area contributed by atoms with Gasteiger partial charge in [0.2, 0.25) is 0 Å². The van der Waals surface area contributed by atoms with Crippen LogP contribution in [0.4, 0.5) is 0 Å². The van der Waals surface area contributed by atoms with E-state index in [0.29, 0.717) is 5.92 Å². The molecular weight excluding hydrogens is 156 g/mol. The maximum atomic E-state index is 3.76. The second-order valence-corrected chi connectivity index (χ2v) is 4.59. The van der Waals surface area contributed by atoms with Gasteiger partial charge in [-0.25, -0.2) is 0 Å². The Labute approximate surface area is 80.7 Å². The highest BCUT2D eigenvalue weighted by molar-refractivity contribution is 5.23. The van der Waals surface area contributed by atoms with Crippen LogP contribution in [0.3, 0.4) is 0 Å². The third kappa shape index (κ3) is 1.19. The fourth-order valence-corrected chi connectivity index (χ4v) is 3.27. The van der Waals surface area contributed by atoms with Crippen LogP contribution >= 0.6 is 0 Å². The van der Waals surface area contributed by atoms with Crippen molar-refractivity contribution < 1.29 is 0 Å². The summed E-state index contributed by atoms with van der Waals surface area (Å²) in [6.07, 6.45) is 18.6. The minimum atomic E-state index is 0.651. The van der Waals surface area contributed by atoms with E-state index in [1.165, 1.54) is 25.7 Å². The molecule has 3 aliphatic carbocycles. The summed E-state index contributed by atoms with van der Waals surface area (Å²) in [5.41, 5.74) is 0. The van der Waals surface area contributed by atoms with E-state index >= 15 is 0 Å². The van der Waals surface area contributed by atoms with Crippen molar-refractivity contribution in [2.24, 2.45) is 23.7 Å². The SMILES string of the molecule is [C]1C2C=CC=CC2C2CCCCC12. The van der Waals surface area contributed by atoms with Crippen molar-refractivity contribution in [2.75, 3.05) is 0 Å². The fraction of sp³-hybridized carbons (Fsp3) is 0.615. The molecular formula is C13H16. The Bertz CT molecular complexity index is 249. The Morgan fingerprint density at radius 3 is 2.85 bits per heavy atom. The highest BCUT2D eigenvalue weighted by Gasteiger charge is 2.42. The maximum absolute atomic E-state index is 3.76. The summed E-state index contributed by atoms with van der Waals surface area (Å²) in [5.74, 6) is 3.20. The monoisotopic (exact) mass is 172 g/mol. The predicted octanol–water partition coefficient (Wildman–Crippen LogP) is 3.25. The molecule has 3 aliphatic rings. The topological polar surface area (TPSA) is 0 Å². The molecule has 0 saturated heterocycles. The molecule has 0 spiro atoms. The summed E-state index contributed by atoms with van der Waals surface area (Å²) in [6, 6.07) is 0. The van der Waals surface area contributed by atoms with Crippen molar-refractivity contribution in [1.82, 2.24) is 0 Å². The van der Waals surface area contributed by atoms with Gasteiger partial charge in [-0.05, 0) is 42.9 Å². The summed E-state index contributed by atoms with van der Waals surface area (Å²) in [4.78, 5) is 0. The normalized spacial score (nSPS) is 47.4. The van der Waals surface area contributed by atoms with E-state index in [4.69, 9.17) is 0 Å². The number of fused-ring (bicyclic) bond motifs is 3. The first-order chi connectivity index (χ1) is 6.45. The summed E-state index contributed by atoms with van der Waals surface area (Å²) < 4.78 is 0. The highest BCUT2D eigenvalue weighted by atomic mass is 14.5. The van der Waals surface area contributed by atoms with E-state index < -0.39 is 0 Å². The minimum Gasteiger partial charge on any atom is -0.0805 e. The van der Waals surface area contributed by atoms with Gasteiger partial charge in [-0.2, -0.15) is 0 Å². The quantitative estimate of drug-likeness (QED) is 0.526. The Morgan fingerprint density at radius 1 is 1.00 bits per heavy atom. The van der Waals surface area contributed by atoms with E-state index in [1.807, 2.05) is 0 Å². The first kappa shape index (κ1) is 7.84. The molecule has 0 heterocycles. The largest absolute Gasteiger partial charge is 0.0805 e. The van der Waals surface area contributed by atoms with Gasteiger partial charge in [-0.15, -0.1) is 0 Å². The van der Waals surface area contributed by atoms with E-state index in [-0.39, 0.29) is 0 Å². The molecule has 0 aromatic heterocycles. The van der Waals surface area contributed by atoms with Crippen LogP contribution in [0, 0.1) is 30.1 Å². The van der Waals surface area contributed by atoms with Gasteiger partial charge in [-0.1, -0.05) is 37.1 Å². The van der Waals surface area contributed by atoms with Crippen molar-refractivity contribution in [3.05, 3.63) is 30.7 Å². The molecule has 68 valence electrons. The van der Waals surface area contributed by atoms with Crippen LogP contribution in [0.5, 0.6) is 0 Å².